The number of para-hydroxylation sites is 1. The molecular formula is C18H22N2O3. The first-order valence-corrected chi connectivity index (χ1v) is 7.85. The van der Waals surface area contributed by atoms with Crippen LogP contribution >= 0.6 is 0 Å². The molecule has 1 aromatic heterocycles. The van der Waals surface area contributed by atoms with Gasteiger partial charge in [0.15, 0.2) is 5.75 Å². The number of anilines is 1. The topological polar surface area (TPSA) is 51.5 Å². The Kier molecular flexibility index (Phi) is 5.97. The smallest absolute Gasteiger partial charge is 0.293 e. The number of aromatic nitrogens is 1. The molecule has 0 bridgehead atoms. The van der Waals surface area contributed by atoms with Gasteiger partial charge in [0.05, 0.1) is 6.61 Å². The maximum atomic E-state index is 12.5. The molecule has 0 aliphatic rings. The molecule has 0 saturated heterocycles. The van der Waals surface area contributed by atoms with Crippen molar-refractivity contribution in [1.82, 2.24) is 4.57 Å². The fourth-order valence-electron chi connectivity index (χ4n) is 2.30. The second-order valence-electron chi connectivity index (χ2n) is 5.13. The van der Waals surface area contributed by atoms with Crippen LogP contribution in [0, 0.1) is 0 Å². The van der Waals surface area contributed by atoms with Crippen molar-refractivity contribution in [3.05, 3.63) is 59.0 Å². The van der Waals surface area contributed by atoms with Gasteiger partial charge in [0.2, 0.25) is 5.91 Å². The number of benzene rings is 1. The third-order valence-corrected chi connectivity index (χ3v) is 3.44. The zero-order chi connectivity index (χ0) is 16.7. The van der Waals surface area contributed by atoms with Crippen molar-refractivity contribution in [2.45, 2.75) is 26.8 Å². The Bertz CT molecular complexity index is 695. The number of likely N-dealkylation sites (N-methyl/N-ethyl adjacent to an activating group) is 1. The summed E-state index contributed by atoms with van der Waals surface area (Å²) in [7, 11) is 0. The monoisotopic (exact) mass is 314 g/mol. The highest BCUT2D eigenvalue weighted by atomic mass is 16.5. The highest BCUT2D eigenvalue weighted by Gasteiger charge is 2.15. The molecule has 2 rings (SSSR count). The van der Waals surface area contributed by atoms with Crippen LogP contribution in [0.25, 0.3) is 0 Å². The minimum atomic E-state index is -0.279. The molecule has 1 amide bonds. The number of carbonyl (C=O) groups excluding carboxylic acids is 1. The van der Waals surface area contributed by atoms with E-state index in [0.29, 0.717) is 13.2 Å². The van der Waals surface area contributed by atoms with Crippen molar-refractivity contribution >= 4 is 11.6 Å². The van der Waals surface area contributed by atoms with Crippen LogP contribution in [0.3, 0.4) is 0 Å². The summed E-state index contributed by atoms with van der Waals surface area (Å²) >= 11 is 0. The van der Waals surface area contributed by atoms with Crippen LogP contribution in [0.2, 0.25) is 0 Å². The first-order chi connectivity index (χ1) is 11.2. The van der Waals surface area contributed by atoms with Crippen LogP contribution in [0.1, 0.15) is 20.3 Å². The molecule has 0 aliphatic heterocycles. The molecule has 5 nitrogen and oxygen atoms in total. The standard InChI is InChI=1S/C18H22N2O3/c1-3-13-23-16-11-8-12-19(18(16)22)14-17(21)20(4-2)15-9-6-5-7-10-15/h5-12H,3-4,13-14H2,1-2H3. The predicted octanol–water partition coefficient (Wildman–Crippen LogP) is 2.69. The molecule has 0 N–H and O–H groups in total. The zero-order valence-electron chi connectivity index (χ0n) is 13.6. The Morgan fingerprint density at radius 3 is 2.52 bits per heavy atom. The van der Waals surface area contributed by atoms with Gasteiger partial charge >= 0.3 is 0 Å². The molecule has 0 aliphatic carbocycles. The van der Waals surface area contributed by atoms with E-state index < -0.39 is 0 Å². The fourth-order valence-corrected chi connectivity index (χ4v) is 2.30. The van der Waals surface area contributed by atoms with Crippen molar-refractivity contribution in [1.29, 1.82) is 0 Å². The molecule has 0 radical (unpaired) electrons. The molecule has 0 unspecified atom stereocenters. The van der Waals surface area contributed by atoms with Gasteiger partial charge in [-0.15, -0.1) is 0 Å². The van der Waals surface area contributed by atoms with Crippen molar-refractivity contribution in [2.24, 2.45) is 0 Å². The molecule has 1 heterocycles. The number of rotatable bonds is 7. The van der Waals surface area contributed by atoms with Crippen molar-refractivity contribution < 1.29 is 9.53 Å². The zero-order valence-corrected chi connectivity index (χ0v) is 13.6. The Balaban J connectivity index is 2.18. The number of hydrogen-bond acceptors (Lipinski definition) is 3. The van der Waals surface area contributed by atoms with Crippen molar-refractivity contribution in [3.8, 4) is 5.75 Å². The normalized spacial score (nSPS) is 10.3. The Morgan fingerprint density at radius 1 is 1.13 bits per heavy atom. The number of carbonyl (C=O) groups is 1. The van der Waals surface area contributed by atoms with Gasteiger partial charge in [-0.25, -0.2) is 0 Å². The molecule has 23 heavy (non-hydrogen) atoms. The summed E-state index contributed by atoms with van der Waals surface area (Å²) in [4.78, 5) is 26.5. The number of hydrogen-bond donors (Lipinski definition) is 0. The fraction of sp³-hybridized carbons (Fsp3) is 0.333. The number of pyridine rings is 1. The summed E-state index contributed by atoms with van der Waals surface area (Å²) < 4.78 is 6.81. The van der Waals surface area contributed by atoms with Gasteiger partial charge in [0, 0.05) is 18.4 Å². The van der Waals surface area contributed by atoms with Gasteiger partial charge in [-0.05, 0) is 37.6 Å². The Hall–Kier alpha value is -2.56. The van der Waals surface area contributed by atoms with E-state index in [2.05, 4.69) is 0 Å². The van der Waals surface area contributed by atoms with E-state index in [0.717, 1.165) is 12.1 Å². The first-order valence-electron chi connectivity index (χ1n) is 7.85. The molecular weight excluding hydrogens is 292 g/mol. The SMILES string of the molecule is CCCOc1cccn(CC(=O)N(CC)c2ccccc2)c1=O. The average Bonchev–Trinajstić information content (AvgIpc) is 2.57. The highest BCUT2D eigenvalue weighted by Crippen LogP contribution is 2.13. The first kappa shape index (κ1) is 16.8. The second-order valence-corrected chi connectivity index (χ2v) is 5.13. The van der Waals surface area contributed by atoms with E-state index in [1.807, 2.05) is 44.2 Å². The largest absolute Gasteiger partial charge is 0.488 e. The molecule has 0 fully saturated rings. The lowest BCUT2D eigenvalue weighted by molar-refractivity contribution is -0.119. The minimum Gasteiger partial charge on any atom is -0.488 e. The van der Waals surface area contributed by atoms with E-state index in [-0.39, 0.29) is 23.8 Å². The highest BCUT2D eigenvalue weighted by molar-refractivity contribution is 5.93. The maximum absolute atomic E-state index is 12.5. The summed E-state index contributed by atoms with van der Waals surface area (Å²) in [6.45, 7) is 4.91. The van der Waals surface area contributed by atoms with Crippen LogP contribution < -0.4 is 15.2 Å². The van der Waals surface area contributed by atoms with Crippen LogP contribution in [0.5, 0.6) is 5.75 Å². The lowest BCUT2D eigenvalue weighted by Gasteiger charge is -2.21. The Labute approximate surface area is 136 Å². The number of amides is 1. The lowest BCUT2D eigenvalue weighted by Crippen LogP contribution is -2.36. The van der Waals surface area contributed by atoms with E-state index in [9.17, 15) is 9.59 Å². The van der Waals surface area contributed by atoms with E-state index in [1.54, 1.807) is 23.2 Å². The van der Waals surface area contributed by atoms with Crippen molar-refractivity contribution in [2.75, 3.05) is 18.1 Å². The molecule has 0 saturated carbocycles. The van der Waals surface area contributed by atoms with Crippen molar-refractivity contribution in [3.63, 3.8) is 0 Å². The van der Waals surface area contributed by atoms with Gasteiger partial charge in [0.25, 0.3) is 5.56 Å². The summed E-state index contributed by atoms with van der Waals surface area (Å²) in [6, 6.07) is 12.8. The second kappa shape index (κ2) is 8.17. The summed E-state index contributed by atoms with van der Waals surface area (Å²) in [5, 5.41) is 0. The van der Waals surface area contributed by atoms with Crippen LogP contribution in [0.4, 0.5) is 5.69 Å². The molecule has 122 valence electrons. The van der Waals surface area contributed by atoms with Gasteiger partial charge in [0.1, 0.15) is 6.54 Å². The minimum absolute atomic E-state index is 0.00904. The van der Waals surface area contributed by atoms with Gasteiger partial charge in [-0.3, -0.25) is 9.59 Å². The molecule has 0 atom stereocenters. The molecule has 0 spiro atoms. The van der Waals surface area contributed by atoms with Gasteiger partial charge in [-0.2, -0.15) is 0 Å². The third kappa shape index (κ3) is 4.22. The summed E-state index contributed by atoms with van der Waals surface area (Å²) in [5.41, 5.74) is 0.546. The lowest BCUT2D eigenvalue weighted by atomic mass is 10.3. The molecule has 5 heteroatoms. The average molecular weight is 314 g/mol. The quantitative estimate of drug-likeness (QED) is 0.789. The van der Waals surface area contributed by atoms with Gasteiger partial charge in [-0.1, -0.05) is 25.1 Å². The maximum Gasteiger partial charge on any atom is 0.293 e. The van der Waals surface area contributed by atoms with E-state index in [1.165, 1.54) is 4.57 Å². The van der Waals surface area contributed by atoms with Crippen LogP contribution in [-0.4, -0.2) is 23.6 Å². The predicted molar refractivity (Wildman–Crippen MR) is 91.0 cm³/mol. The molecule has 1 aromatic carbocycles. The van der Waals surface area contributed by atoms with E-state index >= 15 is 0 Å². The van der Waals surface area contributed by atoms with Gasteiger partial charge < -0.3 is 14.2 Å². The van der Waals surface area contributed by atoms with E-state index in [4.69, 9.17) is 4.74 Å². The Morgan fingerprint density at radius 2 is 1.87 bits per heavy atom. The number of nitrogens with zero attached hydrogens (tertiary/aromatic N) is 2. The molecule has 2 aromatic rings. The van der Waals surface area contributed by atoms with Crippen LogP contribution in [-0.2, 0) is 11.3 Å². The number of ether oxygens (including phenoxy) is 1. The summed E-state index contributed by atoms with van der Waals surface area (Å²) in [6.07, 6.45) is 2.43. The summed E-state index contributed by atoms with van der Waals surface area (Å²) in [5.74, 6) is 0.151. The van der Waals surface area contributed by atoms with Crippen LogP contribution in [0.15, 0.2) is 53.5 Å². The third-order valence-electron chi connectivity index (χ3n) is 3.44.